The van der Waals surface area contributed by atoms with Crippen molar-refractivity contribution in [2.75, 3.05) is 6.61 Å². The minimum absolute atomic E-state index is 0.499. The van der Waals surface area contributed by atoms with Crippen molar-refractivity contribution in [3.63, 3.8) is 0 Å². The minimum atomic E-state index is -1.20. The van der Waals surface area contributed by atoms with Gasteiger partial charge in [0.25, 0.3) is 0 Å². The molecule has 0 bridgehead atoms. The Morgan fingerprint density at radius 1 is 0.923 bits per heavy atom. The first-order chi connectivity index (χ1) is 18.5. The summed E-state index contributed by atoms with van der Waals surface area (Å²) in [5.74, 6) is -1.19. The first kappa shape index (κ1) is 30.7. The molecule has 2 aromatic rings. The predicted octanol–water partition coefficient (Wildman–Crippen LogP) is 3.46. The van der Waals surface area contributed by atoms with Gasteiger partial charge in [-0.05, 0) is 48.2 Å². The number of hydrogen-bond donors (Lipinski definition) is 2. The van der Waals surface area contributed by atoms with Gasteiger partial charge in [0.05, 0.1) is 6.61 Å². The smallest absolute Gasteiger partial charge is 0.303 e. The molecule has 1 heterocycles. The SMILES string of the molecule is CCOc1ccc(Cc2cc([C@@H]3O[C@H](SC(N)N)[C@@H](OC(C)=O)[C@H](OC(C)=O)[C@H]3OC(C)=O)ccc2Cl)cc1. The van der Waals surface area contributed by atoms with Crippen LogP contribution < -0.4 is 16.2 Å². The molecule has 212 valence electrons. The molecule has 4 N–H and O–H groups in total. The largest absolute Gasteiger partial charge is 0.494 e. The number of hydrogen-bond acceptors (Lipinski definition) is 11. The van der Waals surface area contributed by atoms with Crippen molar-refractivity contribution < 1.29 is 38.1 Å². The second-order valence-corrected chi connectivity index (χ2v) is 10.5. The Labute approximate surface area is 236 Å². The third-order valence-corrected chi connectivity index (χ3v) is 7.05. The van der Waals surface area contributed by atoms with Gasteiger partial charge in [0.2, 0.25) is 0 Å². The molecular formula is C27H33ClN2O8S. The molecule has 0 aromatic heterocycles. The quantitative estimate of drug-likeness (QED) is 0.241. The van der Waals surface area contributed by atoms with Crippen LogP contribution in [0.1, 0.15) is 50.5 Å². The molecular weight excluding hydrogens is 548 g/mol. The molecule has 12 heteroatoms. The van der Waals surface area contributed by atoms with Gasteiger partial charge in [-0.1, -0.05) is 47.6 Å². The summed E-state index contributed by atoms with van der Waals surface area (Å²) in [6.45, 7) is 6.11. The maximum Gasteiger partial charge on any atom is 0.303 e. The van der Waals surface area contributed by atoms with Gasteiger partial charge < -0.3 is 35.2 Å². The van der Waals surface area contributed by atoms with E-state index in [0.717, 1.165) is 28.6 Å². The predicted molar refractivity (Wildman–Crippen MR) is 146 cm³/mol. The molecule has 5 atom stereocenters. The van der Waals surface area contributed by atoms with E-state index in [9.17, 15) is 14.4 Å². The Balaban J connectivity index is 2.03. The van der Waals surface area contributed by atoms with Crippen LogP contribution in [0.25, 0.3) is 0 Å². The van der Waals surface area contributed by atoms with Crippen LogP contribution in [0.5, 0.6) is 5.75 Å². The molecule has 2 aromatic carbocycles. The van der Waals surface area contributed by atoms with Crippen molar-refractivity contribution in [2.24, 2.45) is 11.5 Å². The molecule has 0 amide bonds. The molecule has 0 unspecified atom stereocenters. The summed E-state index contributed by atoms with van der Waals surface area (Å²) in [7, 11) is 0. The normalized spacial score (nSPS) is 22.7. The molecule has 1 fully saturated rings. The van der Waals surface area contributed by atoms with Crippen LogP contribution in [0.15, 0.2) is 42.5 Å². The molecule has 0 aliphatic carbocycles. The third-order valence-electron chi connectivity index (χ3n) is 5.72. The lowest BCUT2D eigenvalue weighted by molar-refractivity contribution is -0.233. The van der Waals surface area contributed by atoms with E-state index < -0.39 is 53.3 Å². The zero-order valence-corrected chi connectivity index (χ0v) is 23.7. The van der Waals surface area contributed by atoms with Gasteiger partial charge in [-0.2, -0.15) is 0 Å². The van der Waals surface area contributed by atoms with Crippen molar-refractivity contribution >= 4 is 41.3 Å². The highest BCUT2D eigenvalue weighted by molar-refractivity contribution is 8.00. The second-order valence-electron chi connectivity index (χ2n) is 8.85. The lowest BCUT2D eigenvalue weighted by Crippen LogP contribution is -2.58. The molecule has 0 saturated carbocycles. The van der Waals surface area contributed by atoms with Gasteiger partial charge in [0.1, 0.15) is 22.8 Å². The van der Waals surface area contributed by atoms with E-state index in [0.29, 0.717) is 23.6 Å². The summed E-state index contributed by atoms with van der Waals surface area (Å²) in [5.41, 5.74) is 12.2. The van der Waals surface area contributed by atoms with Crippen molar-refractivity contribution in [2.45, 2.75) is 69.5 Å². The van der Waals surface area contributed by atoms with Gasteiger partial charge in [0.15, 0.2) is 18.3 Å². The fourth-order valence-corrected chi connectivity index (χ4v) is 5.35. The van der Waals surface area contributed by atoms with Crippen LogP contribution in [0.2, 0.25) is 5.02 Å². The zero-order chi connectivity index (χ0) is 28.7. The summed E-state index contributed by atoms with van der Waals surface area (Å²) in [6, 6.07) is 12.9. The number of rotatable bonds is 10. The monoisotopic (exact) mass is 580 g/mol. The van der Waals surface area contributed by atoms with E-state index in [4.69, 9.17) is 46.8 Å². The Hall–Kier alpha value is -2.83. The molecule has 39 heavy (non-hydrogen) atoms. The van der Waals surface area contributed by atoms with Crippen LogP contribution in [0.3, 0.4) is 0 Å². The first-order valence-corrected chi connectivity index (χ1v) is 13.6. The summed E-state index contributed by atoms with van der Waals surface area (Å²) in [4.78, 5) is 36.2. The van der Waals surface area contributed by atoms with E-state index in [1.165, 1.54) is 20.8 Å². The Kier molecular flexibility index (Phi) is 11.0. The van der Waals surface area contributed by atoms with Gasteiger partial charge in [-0.15, -0.1) is 0 Å². The number of carbonyl (C=O) groups is 3. The van der Waals surface area contributed by atoms with Gasteiger partial charge in [-0.3, -0.25) is 14.4 Å². The second kappa shape index (κ2) is 14.0. The number of halogens is 1. The molecule has 1 aliphatic rings. The Bertz CT molecular complexity index is 1160. The van der Waals surface area contributed by atoms with Crippen LogP contribution in [-0.2, 0) is 39.8 Å². The van der Waals surface area contributed by atoms with Gasteiger partial charge in [0, 0.05) is 25.8 Å². The zero-order valence-electron chi connectivity index (χ0n) is 22.1. The lowest BCUT2D eigenvalue weighted by atomic mass is 9.92. The van der Waals surface area contributed by atoms with Crippen molar-refractivity contribution in [3.8, 4) is 5.75 Å². The van der Waals surface area contributed by atoms with Gasteiger partial charge >= 0.3 is 17.9 Å². The highest BCUT2D eigenvalue weighted by Crippen LogP contribution is 2.42. The van der Waals surface area contributed by atoms with Crippen LogP contribution in [-0.4, -0.2) is 53.8 Å². The van der Waals surface area contributed by atoms with E-state index >= 15 is 0 Å². The van der Waals surface area contributed by atoms with Crippen LogP contribution in [0.4, 0.5) is 0 Å². The fraction of sp³-hybridized carbons (Fsp3) is 0.444. The van der Waals surface area contributed by atoms with E-state index in [1.54, 1.807) is 12.1 Å². The number of nitrogens with two attached hydrogens (primary N) is 2. The average Bonchev–Trinajstić information content (AvgIpc) is 2.84. The minimum Gasteiger partial charge on any atom is -0.494 e. The molecule has 1 aliphatic heterocycles. The van der Waals surface area contributed by atoms with Crippen molar-refractivity contribution in [3.05, 3.63) is 64.2 Å². The van der Waals surface area contributed by atoms with Crippen LogP contribution >= 0.6 is 23.4 Å². The topological polar surface area (TPSA) is 149 Å². The van der Waals surface area contributed by atoms with Crippen molar-refractivity contribution in [1.29, 1.82) is 0 Å². The summed E-state index contributed by atoms with van der Waals surface area (Å²) in [6.07, 6.45) is -3.93. The average molecular weight is 581 g/mol. The molecule has 1 saturated heterocycles. The number of ether oxygens (including phenoxy) is 5. The molecule has 3 rings (SSSR count). The van der Waals surface area contributed by atoms with Gasteiger partial charge in [-0.25, -0.2) is 0 Å². The first-order valence-electron chi connectivity index (χ1n) is 12.3. The van der Waals surface area contributed by atoms with Crippen molar-refractivity contribution in [1.82, 2.24) is 0 Å². The maximum absolute atomic E-state index is 12.1. The van der Waals surface area contributed by atoms with Crippen LogP contribution in [0, 0.1) is 0 Å². The highest BCUT2D eigenvalue weighted by Gasteiger charge is 2.52. The summed E-state index contributed by atoms with van der Waals surface area (Å²) >= 11 is 7.52. The number of carbonyl (C=O) groups excluding carboxylic acids is 3. The van der Waals surface area contributed by atoms with E-state index in [1.807, 2.05) is 37.3 Å². The number of thioether (sulfide) groups is 1. The summed E-state index contributed by atoms with van der Waals surface area (Å²) in [5, 5.41) is 0.525. The fourth-order valence-electron chi connectivity index (χ4n) is 4.30. The standard InChI is InChI=1S/C27H33ClN2O8S/c1-5-34-20-9-6-17(7-10-20)12-19-13-18(8-11-21(19)28)22-23(35-14(2)31)24(36-15(3)32)25(37-16(4)33)26(38-22)39-27(29)30/h6-11,13,22-27H,5,12,29-30H2,1-4H3/t22-,23-,24+,25-,26+/m0/s1. The third kappa shape index (κ3) is 8.58. The highest BCUT2D eigenvalue weighted by atomic mass is 35.5. The molecule has 0 spiro atoms. The van der Waals surface area contributed by atoms with E-state index in [-0.39, 0.29) is 0 Å². The Morgan fingerprint density at radius 2 is 1.51 bits per heavy atom. The van der Waals surface area contributed by atoms with E-state index in [2.05, 4.69) is 0 Å². The Morgan fingerprint density at radius 3 is 2.08 bits per heavy atom. The number of benzene rings is 2. The number of esters is 3. The maximum atomic E-state index is 12.1. The molecule has 10 nitrogen and oxygen atoms in total. The molecule has 0 radical (unpaired) electrons. The summed E-state index contributed by atoms with van der Waals surface area (Å²) < 4.78 is 28.5. The lowest BCUT2D eigenvalue weighted by Gasteiger charge is -2.45.